The summed E-state index contributed by atoms with van der Waals surface area (Å²) in [6.45, 7) is 6.85. The van der Waals surface area contributed by atoms with Crippen LogP contribution in [0.2, 0.25) is 0 Å². The molecular weight excluding hydrogens is 368 g/mol. The van der Waals surface area contributed by atoms with Gasteiger partial charge in [-0.3, -0.25) is 9.80 Å². The van der Waals surface area contributed by atoms with Crippen LogP contribution in [0.1, 0.15) is 5.56 Å². The first kappa shape index (κ1) is 21.6. The molecule has 3 rings (SSSR count). The van der Waals surface area contributed by atoms with Crippen LogP contribution in [0.25, 0.3) is 0 Å². The Morgan fingerprint density at radius 1 is 0.897 bits per heavy atom. The van der Waals surface area contributed by atoms with E-state index >= 15 is 0 Å². The molecule has 0 aromatic heterocycles. The molecule has 1 fully saturated rings. The van der Waals surface area contributed by atoms with Crippen LogP contribution in [0.3, 0.4) is 0 Å². The maximum absolute atomic E-state index is 10.2. The van der Waals surface area contributed by atoms with Crippen LogP contribution < -0.4 is 9.47 Å². The molecule has 6 nitrogen and oxygen atoms in total. The molecule has 1 atom stereocenters. The quantitative estimate of drug-likeness (QED) is 0.584. The lowest BCUT2D eigenvalue weighted by molar-refractivity contribution is -0.000445. The zero-order chi connectivity index (χ0) is 20.3. The molecule has 29 heavy (non-hydrogen) atoms. The minimum atomic E-state index is -0.479. The number of hydrogen-bond acceptors (Lipinski definition) is 6. The second kappa shape index (κ2) is 11.8. The Bertz CT molecular complexity index is 705. The fourth-order valence-electron chi connectivity index (χ4n) is 3.45. The van der Waals surface area contributed by atoms with E-state index in [-0.39, 0.29) is 0 Å². The second-order valence-corrected chi connectivity index (χ2v) is 7.32. The normalized spacial score (nSPS) is 16.5. The summed E-state index contributed by atoms with van der Waals surface area (Å²) in [6, 6.07) is 18.1. The van der Waals surface area contributed by atoms with E-state index in [1.165, 1.54) is 5.56 Å². The van der Waals surface area contributed by atoms with E-state index in [0.717, 1.165) is 44.2 Å². The van der Waals surface area contributed by atoms with E-state index in [9.17, 15) is 5.11 Å². The second-order valence-electron chi connectivity index (χ2n) is 7.32. The van der Waals surface area contributed by atoms with E-state index in [4.69, 9.17) is 14.2 Å². The van der Waals surface area contributed by atoms with Crippen molar-refractivity contribution in [1.29, 1.82) is 0 Å². The van der Waals surface area contributed by atoms with Gasteiger partial charge in [-0.25, -0.2) is 0 Å². The number of piperazine rings is 1. The zero-order valence-corrected chi connectivity index (χ0v) is 17.2. The molecule has 158 valence electrons. The highest BCUT2D eigenvalue weighted by Gasteiger charge is 2.19. The summed E-state index contributed by atoms with van der Waals surface area (Å²) in [7, 11) is 1.63. The third-order valence-electron chi connectivity index (χ3n) is 5.03. The Morgan fingerprint density at radius 3 is 2.38 bits per heavy atom. The maximum atomic E-state index is 10.2. The van der Waals surface area contributed by atoms with E-state index < -0.39 is 6.10 Å². The number of aliphatic hydroxyl groups is 1. The van der Waals surface area contributed by atoms with E-state index in [1.54, 1.807) is 7.11 Å². The number of aliphatic hydroxyl groups excluding tert-OH is 1. The topological polar surface area (TPSA) is 54.4 Å². The van der Waals surface area contributed by atoms with Crippen molar-refractivity contribution in [3.05, 3.63) is 60.2 Å². The highest BCUT2D eigenvalue weighted by atomic mass is 16.5. The Balaban J connectivity index is 1.25. The smallest absolute Gasteiger partial charge is 0.123 e. The maximum Gasteiger partial charge on any atom is 0.123 e. The molecule has 0 bridgehead atoms. The first-order chi connectivity index (χ1) is 14.2. The van der Waals surface area contributed by atoms with Gasteiger partial charge in [0.15, 0.2) is 0 Å². The molecule has 1 aliphatic rings. The summed E-state index contributed by atoms with van der Waals surface area (Å²) >= 11 is 0. The van der Waals surface area contributed by atoms with Gasteiger partial charge in [0.25, 0.3) is 0 Å². The number of methoxy groups -OCH3 is 1. The SMILES string of the molecule is COc1cccc(OCCOC[C@H](O)CN2CCN(Cc3ccccc3)CC2)c1. The van der Waals surface area contributed by atoms with Crippen molar-refractivity contribution < 1.29 is 19.3 Å². The van der Waals surface area contributed by atoms with Gasteiger partial charge in [0.05, 0.1) is 26.4 Å². The van der Waals surface area contributed by atoms with Crippen molar-refractivity contribution in [2.24, 2.45) is 0 Å². The van der Waals surface area contributed by atoms with Crippen LogP contribution in [-0.4, -0.2) is 80.7 Å². The molecule has 2 aromatic carbocycles. The van der Waals surface area contributed by atoms with Crippen LogP contribution in [0, 0.1) is 0 Å². The number of benzene rings is 2. The Hall–Kier alpha value is -2.12. The molecule has 2 aromatic rings. The van der Waals surface area contributed by atoms with Crippen molar-refractivity contribution in [1.82, 2.24) is 9.80 Å². The molecule has 0 saturated carbocycles. The molecule has 0 amide bonds. The van der Waals surface area contributed by atoms with Gasteiger partial charge in [0.2, 0.25) is 0 Å². The largest absolute Gasteiger partial charge is 0.497 e. The molecule has 1 N–H and O–H groups in total. The van der Waals surface area contributed by atoms with Crippen molar-refractivity contribution >= 4 is 0 Å². The van der Waals surface area contributed by atoms with Crippen LogP contribution in [0.4, 0.5) is 0 Å². The van der Waals surface area contributed by atoms with Gasteiger partial charge in [-0.05, 0) is 17.7 Å². The number of β-amino-alcohol motifs (C(OH)–C–C–N with tert-alkyl or cyclic N) is 1. The summed E-state index contributed by atoms with van der Waals surface area (Å²) in [5.74, 6) is 1.52. The molecule has 6 heteroatoms. The molecular formula is C23H32N2O4. The van der Waals surface area contributed by atoms with Gasteiger partial charge >= 0.3 is 0 Å². The molecule has 0 radical (unpaired) electrons. The number of ether oxygens (including phenoxy) is 3. The van der Waals surface area contributed by atoms with Gasteiger partial charge in [-0.15, -0.1) is 0 Å². The third-order valence-corrected chi connectivity index (χ3v) is 5.03. The van der Waals surface area contributed by atoms with Gasteiger partial charge in [-0.2, -0.15) is 0 Å². The summed E-state index contributed by atoms with van der Waals surface area (Å²) in [5.41, 5.74) is 1.35. The highest BCUT2D eigenvalue weighted by Crippen LogP contribution is 2.18. The fourth-order valence-corrected chi connectivity index (χ4v) is 3.45. The fraction of sp³-hybridized carbons (Fsp3) is 0.478. The van der Waals surface area contributed by atoms with Crippen LogP contribution in [-0.2, 0) is 11.3 Å². The van der Waals surface area contributed by atoms with E-state index in [1.807, 2.05) is 24.3 Å². The van der Waals surface area contributed by atoms with E-state index in [0.29, 0.717) is 26.4 Å². The van der Waals surface area contributed by atoms with Crippen molar-refractivity contribution in [3.63, 3.8) is 0 Å². The van der Waals surface area contributed by atoms with Crippen molar-refractivity contribution in [3.8, 4) is 11.5 Å². The minimum Gasteiger partial charge on any atom is -0.497 e. The zero-order valence-electron chi connectivity index (χ0n) is 17.2. The Labute approximate surface area is 173 Å². The molecule has 0 unspecified atom stereocenters. The average Bonchev–Trinajstić information content (AvgIpc) is 2.76. The molecule has 1 saturated heterocycles. The van der Waals surface area contributed by atoms with Gasteiger partial charge in [0, 0.05) is 45.3 Å². The van der Waals surface area contributed by atoms with Crippen molar-refractivity contribution in [2.75, 3.05) is 59.7 Å². The minimum absolute atomic E-state index is 0.325. The molecule has 0 aliphatic carbocycles. The lowest BCUT2D eigenvalue weighted by Crippen LogP contribution is -2.48. The molecule has 1 aliphatic heterocycles. The van der Waals surface area contributed by atoms with E-state index in [2.05, 4.69) is 40.1 Å². The molecule has 1 heterocycles. The predicted molar refractivity (Wildman–Crippen MR) is 113 cm³/mol. The number of hydrogen-bond donors (Lipinski definition) is 1. The number of rotatable bonds is 11. The monoisotopic (exact) mass is 400 g/mol. The standard InChI is InChI=1S/C23H32N2O4/c1-27-22-8-5-9-23(16-22)29-15-14-28-19-21(26)18-25-12-10-24(11-13-25)17-20-6-3-2-4-7-20/h2-9,16,21,26H,10-15,17-19H2,1H3/t21-/m1/s1. The predicted octanol–water partition coefficient (Wildman–Crippen LogP) is 2.27. The van der Waals surface area contributed by atoms with Gasteiger partial charge < -0.3 is 19.3 Å². The number of nitrogens with zero attached hydrogens (tertiary/aromatic N) is 2. The summed E-state index contributed by atoms with van der Waals surface area (Å²) < 4.78 is 16.4. The van der Waals surface area contributed by atoms with Crippen LogP contribution in [0.5, 0.6) is 11.5 Å². The first-order valence-electron chi connectivity index (χ1n) is 10.2. The van der Waals surface area contributed by atoms with Crippen LogP contribution >= 0.6 is 0 Å². The Morgan fingerprint density at radius 2 is 1.62 bits per heavy atom. The van der Waals surface area contributed by atoms with Crippen LogP contribution in [0.15, 0.2) is 54.6 Å². The summed E-state index contributed by atoms with van der Waals surface area (Å²) in [5, 5.41) is 10.2. The summed E-state index contributed by atoms with van der Waals surface area (Å²) in [6.07, 6.45) is -0.479. The third kappa shape index (κ3) is 7.66. The Kier molecular flexibility index (Phi) is 8.77. The lowest BCUT2D eigenvalue weighted by Gasteiger charge is -2.35. The molecule has 0 spiro atoms. The first-order valence-corrected chi connectivity index (χ1v) is 10.2. The average molecular weight is 401 g/mol. The van der Waals surface area contributed by atoms with Crippen molar-refractivity contribution in [2.45, 2.75) is 12.6 Å². The van der Waals surface area contributed by atoms with Gasteiger partial charge in [-0.1, -0.05) is 36.4 Å². The summed E-state index contributed by atoms with van der Waals surface area (Å²) in [4.78, 5) is 4.77. The lowest BCUT2D eigenvalue weighted by atomic mass is 10.2. The van der Waals surface area contributed by atoms with Gasteiger partial charge in [0.1, 0.15) is 18.1 Å². The highest BCUT2D eigenvalue weighted by molar-refractivity contribution is 5.32.